The molecule has 2 aliphatic rings. The van der Waals surface area contributed by atoms with E-state index in [1.807, 2.05) is 12.1 Å². The summed E-state index contributed by atoms with van der Waals surface area (Å²) in [5.41, 5.74) is 1.46. The first-order valence-electron chi connectivity index (χ1n) is 8.20. The molecule has 3 rings (SSSR count). The summed E-state index contributed by atoms with van der Waals surface area (Å²) in [5.74, 6) is 0.712. The number of nitrogens with one attached hydrogen (secondary N) is 1. The van der Waals surface area contributed by atoms with Crippen molar-refractivity contribution in [2.45, 2.75) is 57.2 Å². The number of hydrogen-bond acceptors (Lipinski definition) is 4. The molecule has 1 aliphatic carbocycles. The Labute approximate surface area is 127 Å². The third-order valence-electron chi connectivity index (χ3n) is 5.11. The van der Waals surface area contributed by atoms with Crippen molar-refractivity contribution >= 4 is 0 Å². The number of ether oxygens (including phenoxy) is 1. The lowest BCUT2D eigenvalue weighted by Gasteiger charge is -2.35. The van der Waals surface area contributed by atoms with E-state index in [2.05, 4.69) is 28.2 Å². The average Bonchev–Trinajstić information content (AvgIpc) is 2.89. The molecule has 0 radical (unpaired) electrons. The Morgan fingerprint density at radius 2 is 2.19 bits per heavy atom. The summed E-state index contributed by atoms with van der Waals surface area (Å²) < 4.78 is 5.25. The van der Waals surface area contributed by atoms with Crippen molar-refractivity contribution in [3.63, 3.8) is 0 Å². The van der Waals surface area contributed by atoms with E-state index in [1.54, 1.807) is 7.11 Å². The van der Waals surface area contributed by atoms with Crippen LogP contribution in [-0.2, 0) is 6.54 Å². The Hall–Kier alpha value is -1.13. The van der Waals surface area contributed by atoms with Crippen LogP contribution in [0.1, 0.15) is 44.7 Å². The molecule has 21 heavy (non-hydrogen) atoms. The molecule has 0 amide bonds. The van der Waals surface area contributed by atoms with Gasteiger partial charge in [0.1, 0.15) is 0 Å². The third kappa shape index (κ3) is 3.38. The highest BCUT2D eigenvalue weighted by atomic mass is 16.5. The van der Waals surface area contributed by atoms with Crippen molar-refractivity contribution in [3.8, 4) is 5.88 Å². The standard InChI is InChI=1S/C17H27N3O/c1-14-8-11-18-17(9-3-4-10-17)13-20(14)12-15-6-5-7-16(19-15)21-2/h5-7,14,18H,3-4,8-13H2,1-2H3. The summed E-state index contributed by atoms with van der Waals surface area (Å²) >= 11 is 0. The molecule has 4 nitrogen and oxygen atoms in total. The Bertz CT molecular complexity index is 471. The highest BCUT2D eigenvalue weighted by molar-refractivity contribution is 5.16. The zero-order valence-electron chi connectivity index (χ0n) is 13.3. The molecule has 4 heteroatoms. The first-order chi connectivity index (χ1) is 10.2. The Morgan fingerprint density at radius 1 is 1.38 bits per heavy atom. The van der Waals surface area contributed by atoms with Gasteiger partial charge in [0.2, 0.25) is 5.88 Å². The van der Waals surface area contributed by atoms with E-state index in [1.165, 1.54) is 32.1 Å². The number of methoxy groups -OCH3 is 1. The molecule has 116 valence electrons. The maximum atomic E-state index is 5.25. The van der Waals surface area contributed by atoms with Crippen molar-refractivity contribution in [3.05, 3.63) is 23.9 Å². The van der Waals surface area contributed by atoms with Gasteiger partial charge in [-0.1, -0.05) is 18.9 Å². The molecule has 1 N–H and O–H groups in total. The van der Waals surface area contributed by atoms with Gasteiger partial charge in [-0.25, -0.2) is 4.98 Å². The fourth-order valence-corrected chi connectivity index (χ4v) is 3.80. The monoisotopic (exact) mass is 289 g/mol. The molecule has 1 aromatic heterocycles. The Balaban J connectivity index is 1.74. The maximum Gasteiger partial charge on any atom is 0.213 e. The molecular weight excluding hydrogens is 262 g/mol. The average molecular weight is 289 g/mol. The molecular formula is C17H27N3O. The molecule has 0 aromatic carbocycles. The molecule has 2 heterocycles. The number of pyridine rings is 1. The zero-order chi connectivity index (χ0) is 14.7. The summed E-state index contributed by atoms with van der Waals surface area (Å²) in [6.45, 7) is 5.55. The van der Waals surface area contributed by atoms with E-state index in [0.29, 0.717) is 17.5 Å². The van der Waals surface area contributed by atoms with Gasteiger partial charge in [-0.2, -0.15) is 0 Å². The summed E-state index contributed by atoms with van der Waals surface area (Å²) in [7, 11) is 1.68. The number of nitrogens with zero attached hydrogens (tertiary/aromatic N) is 2. The molecule has 1 saturated carbocycles. The van der Waals surface area contributed by atoms with E-state index in [-0.39, 0.29) is 0 Å². The number of rotatable bonds is 3. The number of hydrogen-bond donors (Lipinski definition) is 1. The van der Waals surface area contributed by atoms with Crippen molar-refractivity contribution in [1.29, 1.82) is 0 Å². The lowest BCUT2D eigenvalue weighted by atomic mass is 9.97. The van der Waals surface area contributed by atoms with Gasteiger partial charge in [0.25, 0.3) is 0 Å². The normalized spacial score (nSPS) is 25.9. The molecule has 1 spiro atoms. The molecule has 2 fully saturated rings. The van der Waals surface area contributed by atoms with Crippen molar-refractivity contribution < 1.29 is 4.74 Å². The Morgan fingerprint density at radius 3 is 2.95 bits per heavy atom. The number of aromatic nitrogens is 1. The van der Waals surface area contributed by atoms with Crippen LogP contribution in [0.4, 0.5) is 0 Å². The van der Waals surface area contributed by atoms with E-state index in [4.69, 9.17) is 4.74 Å². The van der Waals surface area contributed by atoms with Gasteiger partial charge in [0.15, 0.2) is 0 Å². The SMILES string of the molecule is COc1cccc(CN2CC3(CCCC3)NCCC2C)n1. The van der Waals surface area contributed by atoms with Crippen LogP contribution >= 0.6 is 0 Å². The van der Waals surface area contributed by atoms with Crippen LogP contribution in [0, 0.1) is 0 Å². The van der Waals surface area contributed by atoms with E-state index in [9.17, 15) is 0 Å². The van der Waals surface area contributed by atoms with Crippen LogP contribution in [0.5, 0.6) is 5.88 Å². The van der Waals surface area contributed by atoms with Gasteiger partial charge < -0.3 is 10.1 Å². The van der Waals surface area contributed by atoms with Crippen LogP contribution in [-0.4, -0.2) is 41.7 Å². The quantitative estimate of drug-likeness (QED) is 0.928. The molecule has 1 atom stereocenters. The maximum absolute atomic E-state index is 5.25. The molecule has 1 saturated heterocycles. The fourth-order valence-electron chi connectivity index (χ4n) is 3.80. The zero-order valence-corrected chi connectivity index (χ0v) is 13.3. The van der Waals surface area contributed by atoms with Crippen molar-refractivity contribution in [2.24, 2.45) is 0 Å². The second kappa shape index (κ2) is 6.32. The highest BCUT2D eigenvalue weighted by Crippen LogP contribution is 2.33. The summed E-state index contributed by atoms with van der Waals surface area (Å²) in [5, 5.41) is 3.84. The molecule has 0 bridgehead atoms. The van der Waals surface area contributed by atoms with Gasteiger partial charge in [-0.15, -0.1) is 0 Å². The van der Waals surface area contributed by atoms with Gasteiger partial charge in [-0.05, 0) is 38.8 Å². The van der Waals surface area contributed by atoms with Crippen LogP contribution in [0.25, 0.3) is 0 Å². The fraction of sp³-hybridized carbons (Fsp3) is 0.706. The van der Waals surface area contributed by atoms with Crippen molar-refractivity contribution in [2.75, 3.05) is 20.2 Å². The minimum absolute atomic E-state index is 0.351. The van der Waals surface area contributed by atoms with E-state index in [0.717, 1.165) is 25.3 Å². The van der Waals surface area contributed by atoms with Crippen LogP contribution < -0.4 is 10.1 Å². The van der Waals surface area contributed by atoms with Crippen molar-refractivity contribution in [1.82, 2.24) is 15.2 Å². The Kier molecular flexibility index (Phi) is 4.45. The molecule has 1 aromatic rings. The predicted molar refractivity (Wildman–Crippen MR) is 84.5 cm³/mol. The van der Waals surface area contributed by atoms with Gasteiger partial charge >= 0.3 is 0 Å². The lowest BCUT2D eigenvalue weighted by Crippen LogP contribution is -2.50. The second-order valence-electron chi connectivity index (χ2n) is 6.63. The highest BCUT2D eigenvalue weighted by Gasteiger charge is 2.38. The van der Waals surface area contributed by atoms with Gasteiger partial charge in [0.05, 0.1) is 12.8 Å². The van der Waals surface area contributed by atoms with Crippen LogP contribution in [0.2, 0.25) is 0 Å². The molecule has 1 unspecified atom stereocenters. The van der Waals surface area contributed by atoms with E-state index < -0.39 is 0 Å². The first kappa shape index (κ1) is 14.8. The first-order valence-corrected chi connectivity index (χ1v) is 8.20. The second-order valence-corrected chi connectivity index (χ2v) is 6.63. The smallest absolute Gasteiger partial charge is 0.213 e. The largest absolute Gasteiger partial charge is 0.481 e. The topological polar surface area (TPSA) is 37.4 Å². The van der Waals surface area contributed by atoms with E-state index >= 15 is 0 Å². The third-order valence-corrected chi connectivity index (χ3v) is 5.11. The molecule has 1 aliphatic heterocycles. The predicted octanol–water partition coefficient (Wildman–Crippen LogP) is 2.59. The summed E-state index contributed by atoms with van der Waals surface area (Å²) in [4.78, 5) is 7.19. The minimum Gasteiger partial charge on any atom is -0.481 e. The van der Waals surface area contributed by atoms with Crippen LogP contribution in [0.15, 0.2) is 18.2 Å². The van der Waals surface area contributed by atoms with Crippen LogP contribution in [0.3, 0.4) is 0 Å². The van der Waals surface area contributed by atoms with Gasteiger partial charge in [-0.3, -0.25) is 4.90 Å². The summed E-state index contributed by atoms with van der Waals surface area (Å²) in [6.07, 6.45) is 6.59. The summed E-state index contributed by atoms with van der Waals surface area (Å²) in [6, 6.07) is 6.66. The minimum atomic E-state index is 0.351. The van der Waals surface area contributed by atoms with Gasteiger partial charge in [0, 0.05) is 30.7 Å². The lowest BCUT2D eigenvalue weighted by molar-refractivity contribution is 0.158.